The van der Waals surface area contributed by atoms with E-state index < -0.39 is 11.8 Å². The lowest BCUT2D eigenvalue weighted by molar-refractivity contribution is -0.148. The molecule has 0 amide bonds. The summed E-state index contributed by atoms with van der Waals surface area (Å²) in [5, 5.41) is 7.90. The SMILES string of the molecule is C.O=C(O)C(=O)CCCl. The fourth-order valence-electron chi connectivity index (χ4n) is 0.193. The van der Waals surface area contributed by atoms with Gasteiger partial charge >= 0.3 is 5.97 Å². The Hall–Kier alpha value is -0.570. The number of carboxylic acids is 1. The van der Waals surface area contributed by atoms with E-state index >= 15 is 0 Å². The van der Waals surface area contributed by atoms with Crippen LogP contribution in [0.4, 0.5) is 0 Å². The Labute approximate surface area is 58.6 Å². The normalized spacial score (nSPS) is 7.67. The maximum atomic E-state index is 10.1. The first-order chi connectivity index (χ1) is 3.68. The number of rotatable bonds is 3. The van der Waals surface area contributed by atoms with E-state index in [4.69, 9.17) is 16.7 Å². The van der Waals surface area contributed by atoms with Crippen LogP contribution in [0, 0.1) is 0 Å². The maximum absolute atomic E-state index is 10.1. The molecule has 0 aliphatic rings. The topological polar surface area (TPSA) is 54.4 Å². The molecule has 4 heteroatoms. The first-order valence-electron chi connectivity index (χ1n) is 2.00. The van der Waals surface area contributed by atoms with Crippen molar-refractivity contribution in [3.8, 4) is 0 Å². The molecule has 3 nitrogen and oxygen atoms in total. The summed E-state index contributed by atoms with van der Waals surface area (Å²) in [5.41, 5.74) is 0. The van der Waals surface area contributed by atoms with Crippen LogP contribution in [-0.2, 0) is 9.59 Å². The summed E-state index contributed by atoms with van der Waals surface area (Å²) in [6.45, 7) is 0. The number of aliphatic carboxylic acids is 1. The maximum Gasteiger partial charge on any atom is 0.372 e. The minimum Gasteiger partial charge on any atom is -0.476 e. The Morgan fingerprint density at radius 3 is 2.00 bits per heavy atom. The molecule has 0 spiro atoms. The monoisotopic (exact) mass is 152 g/mol. The summed E-state index contributed by atoms with van der Waals surface area (Å²) in [4.78, 5) is 19.7. The van der Waals surface area contributed by atoms with Crippen molar-refractivity contribution < 1.29 is 14.7 Å². The molecule has 0 fully saturated rings. The van der Waals surface area contributed by atoms with E-state index in [1.54, 1.807) is 0 Å². The van der Waals surface area contributed by atoms with Gasteiger partial charge in [-0.2, -0.15) is 0 Å². The third kappa shape index (κ3) is 5.30. The highest BCUT2D eigenvalue weighted by molar-refractivity contribution is 6.34. The van der Waals surface area contributed by atoms with Crippen molar-refractivity contribution in [1.82, 2.24) is 0 Å². The summed E-state index contributed by atoms with van der Waals surface area (Å²) in [6.07, 6.45) is -0.0864. The molecule has 1 N–H and O–H groups in total. The van der Waals surface area contributed by atoms with Gasteiger partial charge in [0.2, 0.25) is 5.78 Å². The van der Waals surface area contributed by atoms with Crippen LogP contribution in [0.15, 0.2) is 0 Å². The Morgan fingerprint density at radius 1 is 1.44 bits per heavy atom. The Bertz CT molecular complexity index is 111. The third-order valence-electron chi connectivity index (χ3n) is 0.560. The average molecular weight is 153 g/mol. The van der Waals surface area contributed by atoms with Gasteiger partial charge in [-0.25, -0.2) is 4.79 Å². The number of ketones is 1. The van der Waals surface area contributed by atoms with E-state index in [9.17, 15) is 9.59 Å². The summed E-state index contributed by atoms with van der Waals surface area (Å²) >= 11 is 5.06. The lowest BCUT2D eigenvalue weighted by Crippen LogP contribution is -2.12. The standard InChI is InChI=1S/C4H5ClO3.CH4/c5-2-1-3(6)4(7)8;/h1-2H2,(H,7,8);1H4. The zero-order chi connectivity index (χ0) is 6.57. The van der Waals surface area contributed by atoms with Crippen molar-refractivity contribution in [3.63, 3.8) is 0 Å². The molecule has 0 saturated carbocycles. The quantitative estimate of drug-likeness (QED) is 0.483. The fraction of sp³-hybridized carbons (Fsp3) is 0.600. The largest absolute Gasteiger partial charge is 0.476 e. The number of hydrogen-bond acceptors (Lipinski definition) is 2. The van der Waals surface area contributed by atoms with Crippen LogP contribution in [0.2, 0.25) is 0 Å². The van der Waals surface area contributed by atoms with Gasteiger partial charge < -0.3 is 5.11 Å². The minimum atomic E-state index is -1.41. The van der Waals surface area contributed by atoms with Crippen molar-refractivity contribution in [2.24, 2.45) is 0 Å². The van der Waals surface area contributed by atoms with Gasteiger partial charge in [0, 0.05) is 12.3 Å². The molecule has 0 aromatic heterocycles. The second-order valence-corrected chi connectivity index (χ2v) is 1.55. The van der Waals surface area contributed by atoms with E-state index in [0.717, 1.165) is 0 Å². The molecule has 0 heterocycles. The van der Waals surface area contributed by atoms with Crippen LogP contribution in [0.25, 0.3) is 0 Å². The van der Waals surface area contributed by atoms with Gasteiger partial charge in [0.15, 0.2) is 0 Å². The first-order valence-corrected chi connectivity index (χ1v) is 2.54. The number of halogens is 1. The summed E-state index contributed by atoms with van der Waals surface area (Å²) < 4.78 is 0. The number of alkyl halides is 1. The number of carboxylic acid groups (broad SMARTS) is 1. The zero-order valence-corrected chi connectivity index (χ0v) is 4.81. The highest BCUT2D eigenvalue weighted by atomic mass is 35.5. The molecular formula is C5H9ClO3. The molecule has 9 heavy (non-hydrogen) atoms. The van der Waals surface area contributed by atoms with E-state index in [2.05, 4.69) is 0 Å². The van der Waals surface area contributed by atoms with E-state index in [1.165, 1.54) is 0 Å². The van der Waals surface area contributed by atoms with Crippen molar-refractivity contribution in [2.45, 2.75) is 13.8 Å². The molecule has 0 unspecified atom stereocenters. The van der Waals surface area contributed by atoms with E-state index in [-0.39, 0.29) is 19.7 Å². The molecule has 0 aromatic carbocycles. The van der Waals surface area contributed by atoms with Crippen molar-refractivity contribution in [3.05, 3.63) is 0 Å². The molecule has 0 bridgehead atoms. The van der Waals surface area contributed by atoms with Gasteiger partial charge in [0.25, 0.3) is 0 Å². The van der Waals surface area contributed by atoms with E-state index in [0.29, 0.717) is 0 Å². The predicted molar refractivity (Wildman–Crippen MR) is 34.7 cm³/mol. The number of hydrogen-bond donors (Lipinski definition) is 1. The molecule has 0 rings (SSSR count). The zero-order valence-electron chi connectivity index (χ0n) is 4.06. The predicted octanol–water partition coefficient (Wildman–Crippen LogP) is 0.905. The lowest BCUT2D eigenvalue weighted by Gasteiger charge is -1.84. The lowest BCUT2D eigenvalue weighted by atomic mass is 10.3. The van der Waals surface area contributed by atoms with Crippen molar-refractivity contribution in [2.75, 3.05) is 5.88 Å². The highest BCUT2D eigenvalue weighted by Crippen LogP contribution is 1.85. The van der Waals surface area contributed by atoms with Crippen LogP contribution >= 0.6 is 11.6 Å². The van der Waals surface area contributed by atoms with Gasteiger partial charge in [0.1, 0.15) is 0 Å². The Kier molecular flexibility index (Phi) is 6.96. The summed E-state index contributed by atoms with van der Waals surface area (Å²) in [7, 11) is 0. The fourth-order valence-corrected chi connectivity index (χ4v) is 0.364. The van der Waals surface area contributed by atoms with Gasteiger partial charge in [-0.15, -0.1) is 11.6 Å². The highest BCUT2D eigenvalue weighted by Gasteiger charge is 2.08. The van der Waals surface area contributed by atoms with E-state index in [1.807, 2.05) is 0 Å². The summed E-state index contributed by atoms with van der Waals surface area (Å²) in [6, 6.07) is 0. The second kappa shape index (κ2) is 5.56. The smallest absolute Gasteiger partial charge is 0.372 e. The number of Topliss-reactive ketones (excluding diaryl/α,β-unsaturated/α-hetero) is 1. The van der Waals surface area contributed by atoms with Gasteiger partial charge in [0.05, 0.1) is 0 Å². The van der Waals surface area contributed by atoms with Crippen LogP contribution in [0.5, 0.6) is 0 Å². The second-order valence-electron chi connectivity index (χ2n) is 1.17. The van der Waals surface area contributed by atoms with Gasteiger partial charge in [-0.3, -0.25) is 4.79 Å². The van der Waals surface area contributed by atoms with Crippen molar-refractivity contribution >= 4 is 23.4 Å². The first kappa shape index (κ1) is 11.3. The average Bonchev–Trinajstić information content (AvgIpc) is 1.67. The third-order valence-corrected chi connectivity index (χ3v) is 0.749. The molecule has 0 radical (unpaired) electrons. The molecule has 0 aliphatic carbocycles. The number of carbonyl (C=O) groups excluding carboxylic acids is 1. The van der Waals surface area contributed by atoms with Gasteiger partial charge in [-0.1, -0.05) is 7.43 Å². The molecule has 54 valence electrons. The Balaban J connectivity index is 0. The minimum absolute atomic E-state index is 0. The van der Waals surface area contributed by atoms with Crippen LogP contribution < -0.4 is 0 Å². The van der Waals surface area contributed by atoms with Crippen LogP contribution in [0.1, 0.15) is 13.8 Å². The van der Waals surface area contributed by atoms with Crippen molar-refractivity contribution in [1.29, 1.82) is 0 Å². The van der Waals surface area contributed by atoms with Crippen LogP contribution in [-0.4, -0.2) is 22.7 Å². The molecule has 0 aromatic rings. The molecule has 0 saturated heterocycles. The Morgan fingerprint density at radius 2 is 1.89 bits per heavy atom. The summed E-state index contributed by atoms with van der Waals surface area (Å²) in [5.74, 6) is -2.17. The van der Waals surface area contributed by atoms with Gasteiger partial charge in [-0.05, 0) is 0 Å². The molecule has 0 aliphatic heterocycles. The molecular weight excluding hydrogens is 144 g/mol. The molecule has 0 atom stereocenters. The number of carbonyl (C=O) groups is 2. The van der Waals surface area contributed by atoms with Crippen LogP contribution in [0.3, 0.4) is 0 Å².